The van der Waals surface area contributed by atoms with Crippen molar-refractivity contribution in [3.05, 3.63) is 46.7 Å². The number of aryl methyl sites for hydroxylation is 1. The lowest BCUT2D eigenvalue weighted by molar-refractivity contribution is 0.627. The van der Waals surface area contributed by atoms with Crippen LogP contribution in [0.15, 0.2) is 30.5 Å². The van der Waals surface area contributed by atoms with Crippen molar-refractivity contribution < 1.29 is 0 Å². The molecule has 2 heterocycles. The molecule has 0 saturated carbocycles. The number of nitrogens with one attached hydrogen (secondary N) is 1. The van der Waals surface area contributed by atoms with Gasteiger partial charge in [0.2, 0.25) is 0 Å². The van der Waals surface area contributed by atoms with Crippen molar-refractivity contribution in [1.82, 2.24) is 9.78 Å². The first-order chi connectivity index (χ1) is 8.25. The minimum atomic E-state index is 0.413. The van der Waals surface area contributed by atoms with Crippen LogP contribution in [0.4, 0.5) is 5.69 Å². The van der Waals surface area contributed by atoms with Crippen LogP contribution in [0.25, 0.3) is 0 Å². The molecular weight excluding hydrogens is 234 g/mol. The van der Waals surface area contributed by atoms with Gasteiger partial charge in [-0.25, -0.2) is 0 Å². The zero-order valence-electron chi connectivity index (χ0n) is 9.65. The molecule has 0 fully saturated rings. The highest BCUT2D eigenvalue weighted by Crippen LogP contribution is 2.37. The quantitative estimate of drug-likeness (QED) is 0.840. The molecular formula is C13H14ClN3. The normalized spacial score (nSPS) is 18.6. The smallest absolute Gasteiger partial charge is 0.0492 e. The van der Waals surface area contributed by atoms with Crippen LogP contribution in [0.3, 0.4) is 0 Å². The van der Waals surface area contributed by atoms with Crippen LogP contribution < -0.4 is 5.32 Å². The van der Waals surface area contributed by atoms with E-state index in [2.05, 4.69) is 22.5 Å². The molecule has 2 aromatic rings. The second-order valence-electron chi connectivity index (χ2n) is 4.38. The van der Waals surface area contributed by atoms with Crippen molar-refractivity contribution in [2.75, 3.05) is 11.9 Å². The first-order valence-corrected chi connectivity index (χ1v) is 6.15. The molecule has 17 heavy (non-hydrogen) atoms. The lowest BCUT2D eigenvalue weighted by Gasteiger charge is -2.27. The molecule has 1 N–H and O–H groups in total. The van der Waals surface area contributed by atoms with Gasteiger partial charge in [0.15, 0.2) is 0 Å². The number of halogens is 1. The van der Waals surface area contributed by atoms with Gasteiger partial charge in [0.05, 0.1) is 0 Å². The van der Waals surface area contributed by atoms with Gasteiger partial charge in [0, 0.05) is 42.1 Å². The molecule has 1 atom stereocenters. The summed E-state index contributed by atoms with van der Waals surface area (Å²) < 4.78 is 1.95. The van der Waals surface area contributed by atoms with E-state index in [1.165, 1.54) is 11.3 Å². The molecule has 1 aromatic carbocycles. The Bertz CT molecular complexity index is 547. The van der Waals surface area contributed by atoms with Crippen LogP contribution in [0.1, 0.15) is 23.6 Å². The highest BCUT2D eigenvalue weighted by atomic mass is 35.5. The zero-order valence-corrected chi connectivity index (χ0v) is 10.4. The van der Waals surface area contributed by atoms with Gasteiger partial charge in [0.1, 0.15) is 0 Å². The Balaban J connectivity index is 2.08. The fourth-order valence-electron chi connectivity index (χ4n) is 2.53. The number of anilines is 1. The molecule has 3 rings (SSSR count). The number of hydrogen-bond acceptors (Lipinski definition) is 2. The van der Waals surface area contributed by atoms with Gasteiger partial charge >= 0.3 is 0 Å². The first kappa shape index (κ1) is 10.7. The maximum Gasteiger partial charge on any atom is 0.0492 e. The lowest BCUT2D eigenvalue weighted by atomic mass is 9.88. The van der Waals surface area contributed by atoms with Gasteiger partial charge in [-0.1, -0.05) is 17.7 Å². The van der Waals surface area contributed by atoms with E-state index >= 15 is 0 Å². The predicted octanol–water partition coefficient (Wildman–Crippen LogP) is 3.02. The Morgan fingerprint density at radius 3 is 3.06 bits per heavy atom. The fraction of sp³-hybridized carbons (Fsp3) is 0.308. The molecule has 3 nitrogen and oxygen atoms in total. The van der Waals surface area contributed by atoms with E-state index in [-0.39, 0.29) is 0 Å². The van der Waals surface area contributed by atoms with E-state index in [1.54, 1.807) is 0 Å². The lowest BCUT2D eigenvalue weighted by Crippen LogP contribution is -2.19. The molecule has 1 aliphatic heterocycles. The Labute approximate surface area is 105 Å². The van der Waals surface area contributed by atoms with Crippen molar-refractivity contribution in [2.24, 2.45) is 7.05 Å². The van der Waals surface area contributed by atoms with Crippen LogP contribution in [0, 0.1) is 0 Å². The Morgan fingerprint density at radius 2 is 2.29 bits per heavy atom. The third-order valence-electron chi connectivity index (χ3n) is 3.36. The van der Waals surface area contributed by atoms with Crippen LogP contribution in [0.2, 0.25) is 5.02 Å². The van der Waals surface area contributed by atoms with Crippen LogP contribution in [0.5, 0.6) is 0 Å². The van der Waals surface area contributed by atoms with Crippen molar-refractivity contribution >= 4 is 17.3 Å². The standard InChI is InChI=1S/C13H14ClN3/c1-17-13(5-7-16-17)11-4-6-15-12-8-9(14)2-3-10(11)12/h2-3,5,7-8,11,15H,4,6H2,1H3. The van der Waals surface area contributed by atoms with Crippen LogP contribution in [-0.2, 0) is 7.05 Å². The van der Waals surface area contributed by atoms with Gasteiger partial charge in [-0.3, -0.25) is 4.68 Å². The highest BCUT2D eigenvalue weighted by molar-refractivity contribution is 6.30. The summed E-state index contributed by atoms with van der Waals surface area (Å²) >= 11 is 6.02. The fourth-order valence-corrected chi connectivity index (χ4v) is 2.70. The number of benzene rings is 1. The number of fused-ring (bicyclic) bond motifs is 1. The van der Waals surface area contributed by atoms with E-state index in [4.69, 9.17) is 11.6 Å². The van der Waals surface area contributed by atoms with Crippen molar-refractivity contribution in [1.29, 1.82) is 0 Å². The Kier molecular flexibility index (Phi) is 2.56. The molecule has 0 amide bonds. The van der Waals surface area contributed by atoms with E-state index < -0.39 is 0 Å². The maximum atomic E-state index is 6.02. The molecule has 1 unspecified atom stereocenters. The highest BCUT2D eigenvalue weighted by Gasteiger charge is 2.23. The molecule has 1 aliphatic rings. The number of rotatable bonds is 1. The largest absolute Gasteiger partial charge is 0.385 e. The van der Waals surface area contributed by atoms with E-state index in [1.807, 2.05) is 30.1 Å². The van der Waals surface area contributed by atoms with Crippen molar-refractivity contribution in [2.45, 2.75) is 12.3 Å². The third kappa shape index (κ3) is 1.80. The second kappa shape index (κ2) is 4.08. The van der Waals surface area contributed by atoms with Crippen LogP contribution >= 0.6 is 11.6 Å². The molecule has 0 bridgehead atoms. The molecule has 88 valence electrons. The monoisotopic (exact) mass is 247 g/mol. The summed E-state index contributed by atoms with van der Waals surface area (Å²) in [5.41, 5.74) is 3.72. The third-order valence-corrected chi connectivity index (χ3v) is 3.59. The molecule has 0 saturated heterocycles. The van der Waals surface area contributed by atoms with E-state index in [0.717, 1.165) is 23.7 Å². The molecule has 0 radical (unpaired) electrons. The number of hydrogen-bond donors (Lipinski definition) is 1. The number of nitrogens with zero attached hydrogens (tertiary/aromatic N) is 2. The maximum absolute atomic E-state index is 6.02. The minimum absolute atomic E-state index is 0.413. The Morgan fingerprint density at radius 1 is 1.41 bits per heavy atom. The zero-order chi connectivity index (χ0) is 11.8. The average molecular weight is 248 g/mol. The summed E-state index contributed by atoms with van der Waals surface area (Å²) in [4.78, 5) is 0. The average Bonchev–Trinajstić information content (AvgIpc) is 2.74. The summed E-state index contributed by atoms with van der Waals surface area (Å²) in [6, 6.07) is 8.16. The van der Waals surface area contributed by atoms with Crippen molar-refractivity contribution in [3.63, 3.8) is 0 Å². The minimum Gasteiger partial charge on any atom is -0.385 e. The van der Waals surface area contributed by atoms with Crippen LogP contribution in [-0.4, -0.2) is 16.3 Å². The second-order valence-corrected chi connectivity index (χ2v) is 4.82. The van der Waals surface area contributed by atoms with E-state index in [9.17, 15) is 0 Å². The molecule has 0 aliphatic carbocycles. The summed E-state index contributed by atoms with van der Waals surface area (Å²) in [5, 5.41) is 8.43. The summed E-state index contributed by atoms with van der Waals surface area (Å²) in [5.74, 6) is 0.413. The van der Waals surface area contributed by atoms with Gasteiger partial charge in [-0.05, 0) is 30.2 Å². The molecule has 0 spiro atoms. The molecule has 4 heteroatoms. The Hall–Kier alpha value is -1.48. The number of aromatic nitrogens is 2. The van der Waals surface area contributed by atoms with Crippen molar-refractivity contribution in [3.8, 4) is 0 Å². The molecule has 1 aromatic heterocycles. The van der Waals surface area contributed by atoms with Gasteiger partial charge < -0.3 is 5.32 Å². The summed E-state index contributed by atoms with van der Waals surface area (Å²) in [6.07, 6.45) is 2.95. The van der Waals surface area contributed by atoms with E-state index in [0.29, 0.717) is 5.92 Å². The summed E-state index contributed by atoms with van der Waals surface area (Å²) in [6.45, 7) is 0.975. The summed E-state index contributed by atoms with van der Waals surface area (Å²) in [7, 11) is 1.99. The predicted molar refractivity (Wildman–Crippen MR) is 69.6 cm³/mol. The SMILES string of the molecule is Cn1nccc1C1CCNc2cc(Cl)ccc21. The van der Waals surface area contributed by atoms with Gasteiger partial charge in [-0.15, -0.1) is 0 Å². The first-order valence-electron chi connectivity index (χ1n) is 5.77. The van der Waals surface area contributed by atoms with Gasteiger partial charge in [-0.2, -0.15) is 5.10 Å². The van der Waals surface area contributed by atoms with Gasteiger partial charge in [0.25, 0.3) is 0 Å². The topological polar surface area (TPSA) is 29.9 Å².